The summed E-state index contributed by atoms with van der Waals surface area (Å²) in [6.07, 6.45) is 3.63. The van der Waals surface area contributed by atoms with Gasteiger partial charge in [-0.1, -0.05) is 36.4 Å². The van der Waals surface area contributed by atoms with Crippen LogP contribution in [0.2, 0.25) is 0 Å². The van der Waals surface area contributed by atoms with Crippen molar-refractivity contribution in [2.45, 2.75) is 5.92 Å². The molecular weight excluding hydrogens is 276 g/mol. The third-order valence-corrected chi connectivity index (χ3v) is 3.48. The van der Waals surface area contributed by atoms with E-state index in [1.807, 2.05) is 61.8 Å². The summed E-state index contributed by atoms with van der Waals surface area (Å²) in [5, 5.41) is 4.15. The first-order valence-electron chi connectivity index (χ1n) is 6.95. The quantitative estimate of drug-likeness (QED) is 0.800. The van der Waals surface area contributed by atoms with Crippen molar-refractivity contribution in [1.82, 2.24) is 14.8 Å². The van der Waals surface area contributed by atoms with Gasteiger partial charge in [-0.25, -0.2) is 0 Å². The second-order valence-corrected chi connectivity index (χ2v) is 5.10. The molecule has 0 radical (unpaired) electrons. The van der Waals surface area contributed by atoms with Gasteiger partial charge < -0.3 is 5.73 Å². The van der Waals surface area contributed by atoms with Gasteiger partial charge in [0.1, 0.15) is 5.92 Å². The Bertz CT molecular complexity index is 795. The molecule has 3 rings (SSSR count). The number of pyridine rings is 1. The zero-order chi connectivity index (χ0) is 15.5. The van der Waals surface area contributed by atoms with Crippen molar-refractivity contribution in [3.63, 3.8) is 0 Å². The summed E-state index contributed by atoms with van der Waals surface area (Å²) in [6.45, 7) is 0. The van der Waals surface area contributed by atoms with E-state index < -0.39 is 11.8 Å². The van der Waals surface area contributed by atoms with Crippen molar-refractivity contribution in [3.05, 3.63) is 72.2 Å². The molecular formula is C17H16N4O. The first-order chi connectivity index (χ1) is 10.6. The number of hydrogen-bond acceptors (Lipinski definition) is 3. The molecule has 5 heteroatoms. The minimum atomic E-state index is -0.558. The Morgan fingerprint density at radius 3 is 2.55 bits per heavy atom. The topological polar surface area (TPSA) is 73.8 Å². The number of carbonyl (C=O) groups excluding carboxylic acids is 1. The maximum Gasteiger partial charge on any atom is 0.231 e. The van der Waals surface area contributed by atoms with Crippen molar-refractivity contribution < 1.29 is 4.79 Å². The molecule has 0 fully saturated rings. The Labute approximate surface area is 128 Å². The van der Waals surface area contributed by atoms with Crippen molar-refractivity contribution in [2.75, 3.05) is 0 Å². The lowest BCUT2D eigenvalue weighted by Gasteiger charge is -2.14. The molecule has 1 amide bonds. The Hall–Kier alpha value is -2.95. The predicted molar refractivity (Wildman–Crippen MR) is 83.9 cm³/mol. The largest absolute Gasteiger partial charge is 0.369 e. The molecule has 0 saturated heterocycles. The fourth-order valence-electron chi connectivity index (χ4n) is 2.45. The normalized spacial score (nSPS) is 12.0. The molecule has 1 unspecified atom stereocenters. The van der Waals surface area contributed by atoms with Crippen molar-refractivity contribution in [3.8, 4) is 11.3 Å². The van der Waals surface area contributed by atoms with Crippen LogP contribution >= 0.6 is 0 Å². The molecule has 0 spiro atoms. The number of nitrogens with zero attached hydrogens (tertiary/aromatic N) is 3. The van der Waals surface area contributed by atoms with E-state index in [0.717, 1.165) is 16.8 Å². The number of carbonyl (C=O) groups is 1. The summed E-state index contributed by atoms with van der Waals surface area (Å²) >= 11 is 0. The smallest absolute Gasteiger partial charge is 0.231 e. The van der Waals surface area contributed by atoms with Crippen LogP contribution in [0.4, 0.5) is 0 Å². The third-order valence-electron chi connectivity index (χ3n) is 3.48. The van der Waals surface area contributed by atoms with Crippen LogP contribution in [-0.4, -0.2) is 20.7 Å². The molecule has 2 aromatic heterocycles. The van der Waals surface area contributed by atoms with Gasteiger partial charge in [0, 0.05) is 18.8 Å². The fourth-order valence-corrected chi connectivity index (χ4v) is 2.45. The first-order valence-corrected chi connectivity index (χ1v) is 6.95. The second-order valence-electron chi connectivity index (χ2n) is 5.10. The minimum absolute atomic E-state index is 0.415. The number of nitrogens with two attached hydrogens (primary N) is 1. The van der Waals surface area contributed by atoms with Crippen LogP contribution < -0.4 is 5.73 Å². The average Bonchev–Trinajstić information content (AvgIpc) is 2.95. The van der Waals surface area contributed by atoms with Gasteiger partial charge >= 0.3 is 0 Å². The fraction of sp³-hybridized carbons (Fsp3) is 0.118. The number of benzene rings is 1. The lowest BCUT2D eigenvalue weighted by Crippen LogP contribution is -2.23. The van der Waals surface area contributed by atoms with Gasteiger partial charge in [-0.15, -0.1) is 0 Å². The summed E-state index contributed by atoms with van der Waals surface area (Å²) in [4.78, 5) is 16.5. The molecule has 2 heterocycles. The number of rotatable bonds is 4. The average molecular weight is 292 g/mol. The van der Waals surface area contributed by atoms with E-state index in [-0.39, 0.29) is 0 Å². The SMILES string of the molecule is Cn1cc(-c2cccc(C(C(N)=O)c3ccccc3)n2)cn1. The minimum Gasteiger partial charge on any atom is -0.369 e. The Morgan fingerprint density at radius 2 is 1.91 bits per heavy atom. The van der Waals surface area contributed by atoms with E-state index in [0.29, 0.717) is 5.69 Å². The number of aryl methyl sites for hydroxylation is 1. The number of amides is 1. The monoisotopic (exact) mass is 292 g/mol. The molecule has 22 heavy (non-hydrogen) atoms. The third kappa shape index (κ3) is 2.74. The molecule has 0 aliphatic heterocycles. The van der Waals surface area contributed by atoms with Crippen molar-refractivity contribution in [1.29, 1.82) is 0 Å². The molecule has 2 N–H and O–H groups in total. The Kier molecular flexibility index (Phi) is 3.70. The van der Waals surface area contributed by atoms with Crippen LogP contribution in [-0.2, 0) is 11.8 Å². The van der Waals surface area contributed by atoms with Crippen LogP contribution in [0.3, 0.4) is 0 Å². The Balaban J connectivity index is 2.04. The molecule has 3 aromatic rings. The summed E-state index contributed by atoms with van der Waals surface area (Å²) in [7, 11) is 1.85. The first kappa shape index (κ1) is 14.0. The van der Waals surface area contributed by atoms with Crippen molar-refractivity contribution in [2.24, 2.45) is 12.8 Å². The molecule has 0 saturated carbocycles. The number of hydrogen-bond donors (Lipinski definition) is 1. The zero-order valence-corrected chi connectivity index (χ0v) is 12.2. The van der Waals surface area contributed by atoms with Crippen LogP contribution in [0.1, 0.15) is 17.2 Å². The number of aromatic nitrogens is 3. The van der Waals surface area contributed by atoms with Gasteiger partial charge in [-0.3, -0.25) is 14.5 Å². The van der Waals surface area contributed by atoms with Gasteiger partial charge in [0.15, 0.2) is 0 Å². The van der Waals surface area contributed by atoms with E-state index in [1.54, 1.807) is 10.9 Å². The van der Waals surface area contributed by atoms with Gasteiger partial charge in [0.25, 0.3) is 0 Å². The molecule has 1 atom stereocenters. The molecule has 0 aliphatic rings. The van der Waals surface area contributed by atoms with E-state index in [9.17, 15) is 4.79 Å². The van der Waals surface area contributed by atoms with Crippen molar-refractivity contribution >= 4 is 5.91 Å². The molecule has 5 nitrogen and oxygen atoms in total. The standard InChI is InChI=1S/C17H16N4O/c1-21-11-13(10-19-21)14-8-5-9-15(20-14)16(17(18)22)12-6-3-2-4-7-12/h2-11,16H,1H3,(H2,18,22). The van der Waals surface area contributed by atoms with Gasteiger partial charge in [0.2, 0.25) is 5.91 Å². The van der Waals surface area contributed by atoms with Gasteiger partial charge in [-0.05, 0) is 17.7 Å². The molecule has 1 aromatic carbocycles. The zero-order valence-electron chi connectivity index (χ0n) is 12.2. The lowest BCUT2D eigenvalue weighted by atomic mass is 9.94. The van der Waals surface area contributed by atoms with Gasteiger partial charge in [-0.2, -0.15) is 5.10 Å². The van der Waals surface area contributed by atoms with E-state index in [2.05, 4.69) is 10.1 Å². The second kappa shape index (κ2) is 5.81. The van der Waals surface area contributed by atoms with E-state index in [1.165, 1.54) is 0 Å². The van der Waals surface area contributed by atoms with Crippen LogP contribution in [0.5, 0.6) is 0 Å². The highest BCUT2D eigenvalue weighted by Gasteiger charge is 2.21. The van der Waals surface area contributed by atoms with E-state index >= 15 is 0 Å². The summed E-state index contributed by atoms with van der Waals surface area (Å²) in [6, 6.07) is 15.0. The Morgan fingerprint density at radius 1 is 1.14 bits per heavy atom. The summed E-state index contributed by atoms with van der Waals surface area (Å²) in [5.41, 5.74) is 8.75. The lowest BCUT2D eigenvalue weighted by molar-refractivity contribution is -0.118. The highest BCUT2D eigenvalue weighted by molar-refractivity contribution is 5.85. The maximum atomic E-state index is 11.9. The maximum absolute atomic E-state index is 11.9. The van der Waals surface area contributed by atoms with Gasteiger partial charge in [0.05, 0.1) is 17.6 Å². The predicted octanol–water partition coefficient (Wildman–Crippen LogP) is 2.10. The van der Waals surface area contributed by atoms with E-state index in [4.69, 9.17) is 5.73 Å². The van der Waals surface area contributed by atoms with Crippen LogP contribution in [0.15, 0.2) is 60.9 Å². The molecule has 0 aliphatic carbocycles. The van der Waals surface area contributed by atoms with Crippen LogP contribution in [0, 0.1) is 0 Å². The molecule has 110 valence electrons. The number of primary amides is 1. The summed E-state index contributed by atoms with van der Waals surface area (Å²) in [5.74, 6) is -0.972. The van der Waals surface area contributed by atoms with Crippen LogP contribution in [0.25, 0.3) is 11.3 Å². The highest BCUT2D eigenvalue weighted by Crippen LogP contribution is 2.25. The summed E-state index contributed by atoms with van der Waals surface area (Å²) < 4.78 is 1.71. The highest BCUT2D eigenvalue weighted by atomic mass is 16.1. The molecule has 0 bridgehead atoms.